The molecule has 0 fully saturated rings. The highest BCUT2D eigenvalue weighted by atomic mass is 79.9. The SMILES string of the molecule is CCOC(CCCC(C)CC(C)CC(C)CC(C)CC(C)CC(C)Br)OC(CCCC(C)CC(C)CC(C)CC(C)CC(C)CC(C)Br)OCC. The normalized spacial score (nSPS) is 20.7. The van der Waals surface area contributed by atoms with Crippen LogP contribution < -0.4 is 0 Å². The highest BCUT2D eigenvalue weighted by molar-refractivity contribution is 9.09. The Kier molecular flexibility index (Phi) is 31.5. The van der Waals surface area contributed by atoms with E-state index in [0.717, 1.165) is 84.9 Å². The van der Waals surface area contributed by atoms with E-state index in [1.807, 2.05) is 0 Å². The van der Waals surface area contributed by atoms with Crippen LogP contribution in [0.15, 0.2) is 0 Å². The van der Waals surface area contributed by atoms with E-state index in [9.17, 15) is 0 Å². The van der Waals surface area contributed by atoms with E-state index in [0.29, 0.717) is 22.9 Å². The minimum Gasteiger partial charge on any atom is -0.353 e. The van der Waals surface area contributed by atoms with E-state index in [-0.39, 0.29) is 12.6 Å². The summed E-state index contributed by atoms with van der Waals surface area (Å²) < 4.78 is 18.7. The Hall–Kier alpha value is 0.840. The minimum absolute atomic E-state index is 0.167. The summed E-state index contributed by atoms with van der Waals surface area (Å²) in [5.74, 6) is 7.91. The van der Waals surface area contributed by atoms with E-state index < -0.39 is 0 Å². The van der Waals surface area contributed by atoms with Crippen LogP contribution in [-0.4, -0.2) is 35.4 Å². The van der Waals surface area contributed by atoms with Gasteiger partial charge in [-0.1, -0.05) is 128 Å². The second-order valence-electron chi connectivity index (χ2n) is 18.7. The Labute approximate surface area is 338 Å². The summed E-state index contributed by atoms with van der Waals surface area (Å²) in [7, 11) is 0. The zero-order valence-corrected chi connectivity index (χ0v) is 40.0. The monoisotopic (exact) mass is 851 g/mol. The largest absolute Gasteiger partial charge is 0.353 e. The molecule has 0 aromatic rings. The lowest BCUT2D eigenvalue weighted by molar-refractivity contribution is -0.247. The van der Waals surface area contributed by atoms with Crippen molar-refractivity contribution >= 4 is 31.9 Å². The standard InChI is InChI=1S/C46H92Br2O3/c1-15-49-45(21-17-19-33(3)23-35(5)25-37(7)27-39(9)29-41(11)31-43(13)47)51-46(50-16-2)22-18-20-34(4)24-36(6)26-38(8)28-40(10)30-42(12)32-44(14)48/h33-46H,15-32H2,1-14H3. The lowest BCUT2D eigenvalue weighted by Crippen LogP contribution is -2.27. The van der Waals surface area contributed by atoms with Crippen LogP contribution in [0.1, 0.15) is 200 Å². The van der Waals surface area contributed by atoms with Gasteiger partial charge in [-0.2, -0.15) is 0 Å². The van der Waals surface area contributed by atoms with Crippen molar-refractivity contribution in [3.05, 3.63) is 0 Å². The summed E-state index contributed by atoms with van der Waals surface area (Å²) in [6, 6.07) is 0. The van der Waals surface area contributed by atoms with Crippen molar-refractivity contribution in [3.63, 3.8) is 0 Å². The third-order valence-corrected chi connectivity index (χ3v) is 11.9. The molecule has 0 aliphatic heterocycles. The molecule has 0 radical (unpaired) electrons. The molecular weight excluding hydrogens is 760 g/mol. The first kappa shape index (κ1) is 51.8. The molecule has 0 rings (SSSR count). The van der Waals surface area contributed by atoms with E-state index in [1.165, 1.54) is 77.0 Å². The predicted molar refractivity (Wildman–Crippen MR) is 234 cm³/mol. The van der Waals surface area contributed by atoms with Gasteiger partial charge < -0.3 is 14.2 Å². The molecular formula is C46H92Br2O3. The van der Waals surface area contributed by atoms with Crippen molar-refractivity contribution in [2.75, 3.05) is 13.2 Å². The summed E-state index contributed by atoms with van der Waals surface area (Å²) >= 11 is 7.47. The summed E-state index contributed by atoms with van der Waals surface area (Å²) in [6.07, 6.45) is 19.7. The van der Waals surface area contributed by atoms with Gasteiger partial charge >= 0.3 is 0 Å². The highest BCUT2D eigenvalue weighted by Crippen LogP contribution is 2.31. The van der Waals surface area contributed by atoms with Crippen LogP contribution in [-0.2, 0) is 14.2 Å². The van der Waals surface area contributed by atoms with E-state index >= 15 is 0 Å². The molecule has 0 aliphatic rings. The van der Waals surface area contributed by atoms with Gasteiger partial charge in [0.2, 0.25) is 0 Å². The van der Waals surface area contributed by atoms with Crippen molar-refractivity contribution in [2.45, 2.75) is 222 Å². The fourth-order valence-electron chi connectivity index (χ4n) is 9.80. The van der Waals surface area contributed by atoms with Gasteiger partial charge in [0.05, 0.1) is 0 Å². The molecule has 0 aromatic heterocycles. The molecule has 0 spiro atoms. The van der Waals surface area contributed by atoms with Crippen LogP contribution in [0.4, 0.5) is 0 Å². The maximum Gasteiger partial charge on any atom is 0.160 e. The quantitative estimate of drug-likeness (QED) is 0.0477. The zero-order chi connectivity index (χ0) is 38.9. The number of rotatable bonds is 34. The van der Waals surface area contributed by atoms with Gasteiger partial charge in [-0.05, 0) is 163 Å². The first-order valence-corrected chi connectivity index (χ1v) is 23.9. The molecule has 0 N–H and O–H groups in total. The molecule has 0 amide bonds. The number of hydrogen-bond donors (Lipinski definition) is 0. The second kappa shape index (κ2) is 31.0. The maximum atomic E-state index is 6.48. The Morgan fingerprint density at radius 1 is 0.333 bits per heavy atom. The topological polar surface area (TPSA) is 27.7 Å². The average molecular weight is 853 g/mol. The van der Waals surface area contributed by atoms with Crippen LogP contribution in [0.25, 0.3) is 0 Å². The third-order valence-electron chi connectivity index (χ3n) is 11.2. The van der Waals surface area contributed by atoms with Crippen molar-refractivity contribution in [1.29, 1.82) is 0 Å². The van der Waals surface area contributed by atoms with Crippen LogP contribution in [0, 0.1) is 59.2 Å². The van der Waals surface area contributed by atoms with Gasteiger partial charge in [0.25, 0.3) is 0 Å². The maximum absolute atomic E-state index is 6.48. The Balaban J connectivity index is 4.53. The number of hydrogen-bond acceptors (Lipinski definition) is 3. The zero-order valence-electron chi connectivity index (χ0n) is 36.8. The number of ether oxygens (including phenoxy) is 3. The number of alkyl halides is 2. The summed E-state index contributed by atoms with van der Waals surface area (Å²) in [6.45, 7) is 34.7. The molecule has 0 saturated heterocycles. The smallest absolute Gasteiger partial charge is 0.160 e. The molecule has 51 heavy (non-hydrogen) atoms. The molecule has 0 saturated carbocycles. The van der Waals surface area contributed by atoms with E-state index in [4.69, 9.17) is 14.2 Å². The molecule has 14 atom stereocenters. The summed E-state index contributed by atoms with van der Waals surface area (Å²) in [5.41, 5.74) is 0. The third kappa shape index (κ3) is 30.7. The van der Waals surface area contributed by atoms with Gasteiger partial charge in [-0.25, -0.2) is 0 Å². The van der Waals surface area contributed by atoms with Crippen molar-refractivity contribution in [3.8, 4) is 0 Å². The van der Waals surface area contributed by atoms with Crippen LogP contribution in [0.3, 0.4) is 0 Å². The predicted octanol–water partition coefficient (Wildman–Crippen LogP) is 15.9. The summed E-state index contributed by atoms with van der Waals surface area (Å²) in [4.78, 5) is 1.26. The molecule has 5 heteroatoms. The van der Waals surface area contributed by atoms with E-state index in [1.54, 1.807) is 0 Å². The van der Waals surface area contributed by atoms with E-state index in [2.05, 4.69) is 129 Å². The van der Waals surface area contributed by atoms with Gasteiger partial charge in [-0.15, -0.1) is 0 Å². The fourth-order valence-corrected chi connectivity index (χ4v) is 11.1. The second-order valence-corrected chi connectivity index (χ2v) is 21.9. The van der Waals surface area contributed by atoms with Gasteiger partial charge in [-0.3, -0.25) is 0 Å². The Bertz CT molecular complexity index is 716. The van der Waals surface area contributed by atoms with Gasteiger partial charge in [0, 0.05) is 22.9 Å². The lowest BCUT2D eigenvalue weighted by atomic mass is 9.82. The molecule has 0 aromatic carbocycles. The molecule has 3 nitrogen and oxygen atoms in total. The van der Waals surface area contributed by atoms with Crippen molar-refractivity contribution in [2.24, 2.45) is 59.2 Å². The molecule has 0 aliphatic carbocycles. The van der Waals surface area contributed by atoms with Crippen LogP contribution in [0.2, 0.25) is 0 Å². The Morgan fingerprint density at radius 2 is 0.569 bits per heavy atom. The molecule has 14 unspecified atom stereocenters. The average Bonchev–Trinajstić information content (AvgIpc) is 2.95. The van der Waals surface area contributed by atoms with Crippen molar-refractivity contribution < 1.29 is 14.2 Å². The van der Waals surface area contributed by atoms with Gasteiger partial charge in [0.1, 0.15) is 0 Å². The van der Waals surface area contributed by atoms with Crippen LogP contribution in [0.5, 0.6) is 0 Å². The highest BCUT2D eigenvalue weighted by Gasteiger charge is 2.21. The molecule has 0 bridgehead atoms. The molecule has 0 heterocycles. The van der Waals surface area contributed by atoms with Gasteiger partial charge in [0.15, 0.2) is 12.6 Å². The molecule has 308 valence electrons. The minimum atomic E-state index is -0.167. The Morgan fingerprint density at radius 3 is 0.804 bits per heavy atom. The lowest BCUT2D eigenvalue weighted by Gasteiger charge is -2.26. The van der Waals surface area contributed by atoms with Crippen LogP contribution >= 0.6 is 31.9 Å². The van der Waals surface area contributed by atoms with Crippen molar-refractivity contribution in [1.82, 2.24) is 0 Å². The fraction of sp³-hybridized carbons (Fsp3) is 1.00. The summed E-state index contributed by atoms with van der Waals surface area (Å²) in [5, 5.41) is 0. The first-order chi connectivity index (χ1) is 23.9. The first-order valence-electron chi connectivity index (χ1n) is 22.1. The number of halogens is 2.